The Morgan fingerprint density at radius 3 is 1.96 bits per heavy atom. The number of sulfonamides is 1. The van der Waals surface area contributed by atoms with Gasteiger partial charge in [0.25, 0.3) is 0 Å². The first-order valence-electron chi connectivity index (χ1n) is 8.44. The van der Waals surface area contributed by atoms with Gasteiger partial charge in [0.05, 0.1) is 4.90 Å². The highest BCUT2D eigenvalue weighted by Crippen LogP contribution is 2.21. The van der Waals surface area contributed by atoms with Gasteiger partial charge in [0.1, 0.15) is 5.82 Å². The van der Waals surface area contributed by atoms with Crippen LogP contribution >= 0.6 is 0 Å². The molecule has 0 aromatic heterocycles. The van der Waals surface area contributed by atoms with Crippen molar-refractivity contribution >= 4 is 10.0 Å². The molecule has 3 aromatic rings. The summed E-state index contributed by atoms with van der Waals surface area (Å²) in [6.07, 6.45) is 1.56. The average Bonchev–Trinajstić information content (AvgIpc) is 2.67. The van der Waals surface area contributed by atoms with E-state index in [1.165, 1.54) is 17.7 Å². The molecule has 0 aliphatic rings. The molecule has 134 valence electrons. The van der Waals surface area contributed by atoms with E-state index in [1.54, 1.807) is 36.4 Å². The zero-order valence-electron chi connectivity index (χ0n) is 14.2. The van der Waals surface area contributed by atoms with E-state index in [-0.39, 0.29) is 10.7 Å². The van der Waals surface area contributed by atoms with Crippen LogP contribution in [0.3, 0.4) is 0 Å². The lowest BCUT2D eigenvalue weighted by molar-refractivity contribution is 0.579. The van der Waals surface area contributed by atoms with Gasteiger partial charge >= 0.3 is 0 Å². The van der Waals surface area contributed by atoms with Crippen molar-refractivity contribution in [3.63, 3.8) is 0 Å². The second kappa shape index (κ2) is 8.25. The normalized spacial score (nSPS) is 11.4. The van der Waals surface area contributed by atoms with Crippen LogP contribution in [0.1, 0.15) is 12.0 Å². The van der Waals surface area contributed by atoms with Gasteiger partial charge in [-0.15, -0.1) is 0 Å². The van der Waals surface area contributed by atoms with Crippen LogP contribution in [-0.4, -0.2) is 15.0 Å². The third kappa shape index (κ3) is 4.77. The number of nitrogens with one attached hydrogen (secondary N) is 1. The number of benzene rings is 3. The molecule has 26 heavy (non-hydrogen) atoms. The summed E-state index contributed by atoms with van der Waals surface area (Å²) in [5.41, 5.74) is 2.87. The van der Waals surface area contributed by atoms with Gasteiger partial charge in [-0.25, -0.2) is 17.5 Å². The Morgan fingerprint density at radius 1 is 0.769 bits per heavy atom. The van der Waals surface area contributed by atoms with E-state index in [9.17, 15) is 12.8 Å². The van der Waals surface area contributed by atoms with Crippen molar-refractivity contribution < 1.29 is 12.8 Å². The molecule has 0 saturated heterocycles. The molecule has 0 saturated carbocycles. The lowest BCUT2D eigenvalue weighted by Gasteiger charge is -2.08. The highest BCUT2D eigenvalue weighted by atomic mass is 32.2. The molecule has 0 fully saturated rings. The average molecular weight is 369 g/mol. The Morgan fingerprint density at radius 2 is 1.35 bits per heavy atom. The Hall–Kier alpha value is -2.50. The van der Waals surface area contributed by atoms with Crippen LogP contribution in [0.5, 0.6) is 0 Å². The summed E-state index contributed by atoms with van der Waals surface area (Å²) in [6.45, 7) is 0.386. The monoisotopic (exact) mass is 369 g/mol. The van der Waals surface area contributed by atoms with Crippen LogP contribution in [0.15, 0.2) is 83.8 Å². The summed E-state index contributed by atoms with van der Waals surface area (Å²) >= 11 is 0. The smallest absolute Gasteiger partial charge is 0.211 e. The van der Waals surface area contributed by atoms with Gasteiger partial charge in [-0.05, 0) is 53.8 Å². The quantitative estimate of drug-likeness (QED) is 0.627. The van der Waals surface area contributed by atoms with Crippen LogP contribution in [0, 0.1) is 5.82 Å². The largest absolute Gasteiger partial charge is 0.240 e. The summed E-state index contributed by atoms with van der Waals surface area (Å²) < 4.78 is 40.4. The molecule has 0 atom stereocenters. The van der Waals surface area contributed by atoms with E-state index in [4.69, 9.17) is 0 Å². The van der Waals surface area contributed by atoms with Gasteiger partial charge in [0.2, 0.25) is 10.0 Å². The Bertz CT molecular complexity index is 938. The maximum atomic E-state index is 13.0. The third-order valence-corrected chi connectivity index (χ3v) is 5.60. The highest BCUT2D eigenvalue weighted by molar-refractivity contribution is 7.89. The number of rotatable bonds is 7. The summed E-state index contributed by atoms with van der Waals surface area (Å²) in [4.78, 5) is 0.225. The lowest BCUT2D eigenvalue weighted by Crippen LogP contribution is -2.25. The highest BCUT2D eigenvalue weighted by Gasteiger charge is 2.13. The van der Waals surface area contributed by atoms with Crippen LogP contribution < -0.4 is 4.72 Å². The molecule has 0 heterocycles. The SMILES string of the molecule is O=S(=O)(NCCCc1ccccc1)c1ccc(-c2ccc(F)cc2)cc1. The molecule has 0 radical (unpaired) electrons. The van der Waals surface area contributed by atoms with E-state index >= 15 is 0 Å². The Balaban J connectivity index is 1.59. The maximum absolute atomic E-state index is 13.0. The van der Waals surface area contributed by atoms with E-state index in [0.29, 0.717) is 6.54 Å². The molecule has 0 bridgehead atoms. The number of hydrogen-bond donors (Lipinski definition) is 1. The van der Waals surface area contributed by atoms with Gasteiger partial charge in [0.15, 0.2) is 0 Å². The zero-order chi connectivity index (χ0) is 18.4. The van der Waals surface area contributed by atoms with Crippen LogP contribution in [0.2, 0.25) is 0 Å². The fourth-order valence-corrected chi connectivity index (χ4v) is 3.77. The van der Waals surface area contributed by atoms with Crippen LogP contribution in [0.25, 0.3) is 11.1 Å². The fraction of sp³-hybridized carbons (Fsp3) is 0.143. The standard InChI is InChI=1S/C21H20FNO2S/c22-20-12-8-18(9-13-20)19-10-14-21(15-11-19)26(24,25)23-16-4-7-17-5-2-1-3-6-17/h1-3,5-6,8-15,23H,4,7,16H2. The van der Waals surface area contributed by atoms with Crippen molar-refractivity contribution in [3.8, 4) is 11.1 Å². The molecule has 3 aromatic carbocycles. The summed E-state index contributed by atoms with van der Waals surface area (Å²) in [7, 11) is -3.53. The lowest BCUT2D eigenvalue weighted by atomic mass is 10.1. The first-order chi connectivity index (χ1) is 12.5. The molecule has 0 aliphatic carbocycles. The molecular formula is C21H20FNO2S. The van der Waals surface area contributed by atoms with Crippen LogP contribution in [0.4, 0.5) is 4.39 Å². The molecule has 0 amide bonds. The van der Waals surface area contributed by atoms with Gasteiger partial charge < -0.3 is 0 Å². The molecule has 0 aliphatic heterocycles. The van der Waals surface area contributed by atoms with Crippen molar-refractivity contribution in [3.05, 3.63) is 90.2 Å². The van der Waals surface area contributed by atoms with Gasteiger partial charge in [-0.3, -0.25) is 0 Å². The minimum atomic E-state index is -3.53. The fourth-order valence-electron chi connectivity index (χ4n) is 2.70. The predicted molar refractivity (Wildman–Crippen MR) is 102 cm³/mol. The summed E-state index contributed by atoms with van der Waals surface area (Å²) in [5.74, 6) is -0.298. The summed E-state index contributed by atoms with van der Waals surface area (Å²) in [6, 6.07) is 22.7. The van der Waals surface area contributed by atoms with E-state index in [1.807, 2.05) is 30.3 Å². The van der Waals surface area contributed by atoms with Crippen molar-refractivity contribution in [1.29, 1.82) is 0 Å². The van der Waals surface area contributed by atoms with Gasteiger partial charge in [0, 0.05) is 6.54 Å². The third-order valence-electron chi connectivity index (χ3n) is 4.12. The zero-order valence-corrected chi connectivity index (χ0v) is 15.0. The minimum absolute atomic E-state index is 0.225. The second-order valence-corrected chi connectivity index (χ2v) is 7.79. The van der Waals surface area contributed by atoms with Crippen molar-refractivity contribution in [2.45, 2.75) is 17.7 Å². The van der Waals surface area contributed by atoms with Gasteiger partial charge in [-0.1, -0.05) is 54.6 Å². The number of hydrogen-bond acceptors (Lipinski definition) is 2. The second-order valence-electron chi connectivity index (χ2n) is 6.02. The maximum Gasteiger partial charge on any atom is 0.240 e. The van der Waals surface area contributed by atoms with E-state index in [2.05, 4.69) is 4.72 Å². The van der Waals surface area contributed by atoms with E-state index < -0.39 is 10.0 Å². The van der Waals surface area contributed by atoms with E-state index in [0.717, 1.165) is 24.0 Å². The Kier molecular flexibility index (Phi) is 5.81. The first kappa shape index (κ1) is 18.3. The molecule has 5 heteroatoms. The van der Waals surface area contributed by atoms with Crippen molar-refractivity contribution in [2.24, 2.45) is 0 Å². The molecule has 0 unspecified atom stereocenters. The molecular weight excluding hydrogens is 349 g/mol. The number of aryl methyl sites for hydroxylation is 1. The molecule has 3 nitrogen and oxygen atoms in total. The summed E-state index contributed by atoms with van der Waals surface area (Å²) in [5, 5.41) is 0. The van der Waals surface area contributed by atoms with Crippen molar-refractivity contribution in [2.75, 3.05) is 6.54 Å². The van der Waals surface area contributed by atoms with Crippen molar-refractivity contribution in [1.82, 2.24) is 4.72 Å². The molecule has 1 N–H and O–H groups in total. The first-order valence-corrected chi connectivity index (χ1v) is 9.92. The predicted octanol–water partition coefficient (Wildman–Crippen LogP) is 4.40. The molecule has 0 spiro atoms. The molecule has 3 rings (SSSR count). The van der Waals surface area contributed by atoms with Crippen LogP contribution in [-0.2, 0) is 16.4 Å². The number of halogens is 1. The van der Waals surface area contributed by atoms with Gasteiger partial charge in [-0.2, -0.15) is 0 Å². The topological polar surface area (TPSA) is 46.2 Å². The Labute approximate surface area is 153 Å². The minimum Gasteiger partial charge on any atom is -0.211 e.